The van der Waals surface area contributed by atoms with Gasteiger partial charge in [0.15, 0.2) is 0 Å². The molecule has 1 unspecified atom stereocenters. The Bertz CT molecular complexity index is 620. The molecule has 0 fully saturated rings. The van der Waals surface area contributed by atoms with Crippen LogP contribution in [0.2, 0.25) is 0 Å². The maximum absolute atomic E-state index is 13.5. The number of hydrogen-bond acceptors (Lipinski definition) is 1. The minimum absolute atomic E-state index is 0.204. The number of benzene rings is 2. The number of aryl methyl sites for hydroxylation is 2. The Morgan fingerprint density at radius 1 is 1.11 bits per heavy atom. The molecule has 98 valence electrons. The van der Waals surface area contributed by atoms with Gasteiger partial charge in [-0.2, -0.15) is 0 Å². The van der Waals surface area contributed by atoms with Crippen molar-refractivity contribution in [1.29, 1.82) is 0 Å². The zero-order valence-corrected chi connectivity index (χ0v) is 11.1. The Morgan fingerprint density at radius 3 is 2.63 bits per heavy atom. The number of rotatable bonds is 1. The highest BCUT2D eigenvalue weighted by molar-refractivity contribution is 5.40. The average molecular weight is 255 g/mol. The predicted molar refractivity (Wildman–Crippen MR) is 75.5 cm³/mol. The molecule has 0 saturated carbocycles. The third kappa shape index (κ3) is 2.17. The maximum Gasteiger partial charge on any atom is 0.123 e. The first-order valence-corrected chi connectivity index (χ1v) is 6.71. The Hall–Kier alpha value is -1.67. The Morgan fingerprint density at radius 2 is 1.84 bits per heavy atom. The molecule has 2 aromatic rings. The molecule has 0 spiro atoms. The van der Waals surface area contributed by atoms with Crippen LogP contribution >= 0.6 is 0 Å². The van der Waals surface area contributed by atoms with Crippen LogP contribution in [0.15, 0.2) is 42.5 Å². The van der Waals surface area contributed by atoms with Gasteiger partial charge in [-0.05, 0) is 60.6 Å². The van der Waals surface area contributed by atoms with Crippen LogP contribution in [-0.4, -0.2) is 0 Å². The van der Waals surface area contributed by atoms with Gasteiger partial charge in [-0.25, -0.2) is 4.39 Å². The fourth-order valence-electron chi connectivity index (χ4n) is 3.12. The minimum Gasteiger partial charge on any atom is -0.321 e. The summed E-state index contributed by atoms with van der Waals surface area (Å²) in [5.41, 5.74) is 10.8. The normalized spacial score (nSPS) is 22.1. The lowest BCUT2D eigenvalue weighted by Gasteiger charge is -2.36. The van der Waals surface area contributed by atoms with E-state index in [1.807, 2.05) is 19.1 Å². The van der Waals surface area contributed by atoms with Gasteiger partial charge in [0, 0.05) is 5.54 Å². The SMILES string of the molecule is Cc1ccc(F)cc1C1(N)CCc2ccccc2C1. The monoisotopic (exact) mass is 255 g/mol. The van der Waals surface area contributed by atoms with Crippen molar-refractivity contribution in [1.82, 2.24) is 0 Å². The molecule has 3 rings (SSSR count). The average Bonchev–Trinajstić information content (AvgIpc) is 2.41. The smallest absolute Gasteiger partial charge is 0.123 e. The van der Waals surface area contributed by atoms with Crippen molar-refractivity contribution in [3.8, 4) is 0 Å². The second-order valence-corrected chi connectivity index (χ2v) is 5.56. The van der Waals surface area contributed by atoms with Crippen LogP contribution in [0, 0.1) is 12.7 Å². The zero-order valence-electron chi connectivity index (χ0n) is 11.1. The van der Waals surface area contributed by atoms with Gasteiger partial charge in [0.1, 0.15) is 5.82 Å². The van der Waals surface area contributed by atoms with Crippen molar-refractivity contribution in [3.05, 3.63) is 70.5 Å². The van der Waals surface area contributed by atoms with Crippen LogP contribution in [0.25, 0.3) is 0 Å². The van der Waals surface area contributed by atoms with Crippen molar-refractivity contribution in [3.63, 3.8) is 0 Å². The van der Waals surface area contributed by atoms with Crippen LogP contribution in [0.1, 0.15) is 28.7 Å². The number of hydrogen-bond donors (Lipinski definition) is 1. The molecule has 2 heteroatoms. The summed E-state index contributed by atoms with van der Waals surface area (Å²) in [5, 5.41) is 0. The van der Waals surface area contributed by atoms with Gasteiger partial charge < -0.3 is 5.73 Å². The molecule has 19 heavy (non-hydrogen) atoms. The summed E-state index contributed by atoms with van der Waals surface area (Å²) in [5.74, 6) is -0.204. The van der Waals surface area contributed by atoms with Crippen molar-refractivity contribution in [2.45, 2.75) is 31.7 Å². The molecule has 1 nitrogen and oxygen atoms in total. The number of halogens is 1. The van der Waals surface area contributed by atoms with E-state index in [9.17, 15) is 4.39 Å². The summed E-state index contributed by atoms with van der Waals surface area (Å²) in [6, 6.07) is 13.3. The van der Waals surface area contributed by atoms with Gasteiger partial charge in [0.05, 0.1) is 0 Å². The fourth-order valence-corrected chi connectivity index (χ4v) is 3.12. The number of fused-ring (bicyclic) bond motifs is 1. The molecule has 0 aliphatic heterocycles. The Kier molecular flexibility index (Phi) is 2.90. The summed E-state index contributed by atoms with van der Waals surface area (Å²) < 4.78 is 13.5. The van der Waals surface area contributed by atoms with E-state index in [1.165, 1.54) is 17.2 Å². The molecule has 2 aromatic carbocycles. The van der Waals surface area contributed by atoms with E-state index in [4.69, 9.17) is 5.73 Å². The minimum atomic E-state index is -0.444. The van der Waals surface area contributed by atoms with E-state index in [-0.39, 0.29) is 5.82 Å². The van der Waals surface area contributed by atoms with E-state index in [2.05, 4.69) is 18.2 Å². The van der Waals surface area contributed by atoms with Crippen LogP contribution in [0.5, 0.6) is 0 Å². The highest BCUT2D eigenvalue weighted by Crippen LogP contribution is 2.36. The van der Waals surface area contributed by atoms with Gasteiger partial charge in [-0.1, -0.05) is 30.3 Å². The molecule has 0 heterocycles. The van der Waals surface area contributed by atoms with Gasteiger partial charge in [0.25, 0.3) is 0 Å². The lowest BCUT2D eigenvalue weighted by atomic mass is 9.73. The maximum atomic E-state index is 13.5. The third-order valence-electron chi connectivity index (χ3n) is 4.20. The second kappa shape index (κ2) is 4.46. The van der Waals surface area contributed by atoms with Gasteiger partial charge in [-0.15, -0.1) is 0 Å². The van der Waals surface area contributed by atoms with E-state index in [0.717, 1.165) is 30.4 Å². The van der Waals surface area contributed by atoms with Crippen molar-refractivity contribution in [2.24, 2.45) is 5.73 Å². The van der Waals surface area contributed by atoms with Crippen LogP contribution < -0.4 is 5.73 Å². The first kappa shape index (κ1) is 12.4. The van der Waals surface area contributed by atoms with Gasteiger partial charge >= 0.3 is 0 Å². The lowest BCUT2D eigenvalue weighted by molar-refractivity contribution is 0.381. The van der Waals surface area contributed by atoms with Crippen LogP contribution in [-0.2, 0) is 18.4 Å². The standard InChI is InChI=1S/C17H18FN/c1-12-6-7-15(18)10-16(12)17(19)9-8-13-4-2-3-5-14(13)11-17/h2-7,10H,8-9,11,19H2,1H3. The molecule has 2 N–H and O–H groups in total. The second-order valence-electron chi connectivity index (χ2n) is 5.56. The first-order valence-electron chi connectivity index (χ1n) is 6.71. The van der Waals surface area contributed by atoms with E-state index >= 15 is 0 Å². The molecule has 0 amide bonds. The molecule has 1 aliphatic rings. The van der Waals surface area contributed by atoms with E-state index in [1.54, 1.807) is 6.07 Å². The molecule has 1 aliphatic carbocycles. The Labute approximate surface area is 113 Å². The van der Waals surface area contributed by atoms with Crippen LogP contribution in [0.3, 0.4) is 0 Å². The molecule has 0 saturated heterocycles. The largest absolute Gasteiger partial charge is 0.321 e. The molecular weight excluding hydrogens is 237 g/mol. The van der Waals surface area contributed by atoms with E-state index in [0.29, 0.717) is 0 Å². The lowest BCUT2D eigenvalue weighted by Crippen LogP contribution is -2.42. The Balaban J connectivity index is 2.04. The van der Waals surface area contributed by atoms with Crippen molar-refractivity contribution in [2.75, 3.05) is 0 Å². The van der Waals surface area contributed by atoms with E-state index < -0.39 is 5.54 Å². The first-order chi connectivity index (χ1) is 9.08. The highest BCUT2D eigenvalue weighted by Gasteiger charge is 2.33. The third-order valence-corrected chi connectivity index (χ3v) is 4.20. The fraction of sp³-hybridized carbons (Fsp3) is 0.294. The van der Waals surface area contributed by atoms with Crippen molar-refractivity contribution >= 4 is 0 Å². The molecule has 0 aromatic heterocycles. The van der Waals surface area contributed by atoms with Crippen LogP contribution in [0.4, 0.5) is 4.39 Å². The molecule has 0 bridgehead atoms. The summed E-state index contributed by atoms with van der Waals surface area (Å²) in [6.45, 7) is 2.00. The predicted octanol–water partition coefficient (Wildman–Crippen LogP) is 3.48. The zero-order chi connectivity index (χ0) is 13.5. The van der Waals surface area contributed by atoms with Crippen molar-refractivity contribution < 1.29 is 4.39 Å². The summed E-state index contributed by atoms with van der Waals surface area (Å²) >= 11 is 0. The summed E-state index contributed by atoms with van der Waals surface area (Å²) in [4.78, 5) is 0. The topological polar surface area (TPSA) is 26.0 Å². The molecule has 0 radical (unpaired) electrons. The van der Waals surface area contributed by atoms with Gasteiger partial charge in [0.2, 0.25) is 0 Å². The molecule has 1 atom stereocenters. The quantitative estimate of drug-likeness (QED) is 0.829. The van der Waals surface area contributed by atoms with Gasteiger partial charge in [-0.3, -0.25) is 0 Å². The number of nitrogens with two attached hydrogens (primary N) is 1. The molecular formula is C17H18FN. The highest BCUT2D eigenvalue weighted by atomic mass is 19.1. The summed E-state index contributed by atoms with van der Waals surface area (Å²) in [6.07, 6.45) is 2.62. The summed E-state index contributed by atoms with van der Waals surface area (Å²) in [7, 11) is 0.